The first kappa shape index (κ1) is 13.6. The summed E-state index contributed by atoms with van der Waals surface area (Å²) < 4.78 is 6.59. The Morgan fingerprint density at radius 1 is 1.44 bits per heavy atom. The Kier molecular flexibility index (Phi) is 4.80. The van der Waals surface area contributed by atoms with Crippen LogP contribution in [0.15, 0.2) is 33.3 Å². The summed E-state index contributed by atoms with van der Waals surface area (Å²) in [6, 6.07) is 5.59. The van der Waals surface area contributed by atoms with E-state index in [0.29, 0.717) is 17.5 Å². The Bertz CT molecular complexity index is 527. The third kappa shape index (κ3) is 3.34. The molecule has 0 spiro atoms. The topological polar surface area (TPSA) is 38.1 Å². The van der Waals surface area contributed by atoms with Gasteiger partial charge in [0, 0.05) is 15.1 Å². The predicted molar refractivity (Wildman–Crippen MR) is 76.6 cm³/mol. The van der Waals surface area contributed by atoms with Crippen molar-refractivity contribution < 1.29 is 4.42 Å². The van der Waals surface area contributed by atoms with Crippen molar-refractivity contribution >= 4 is 27.5 Å². The first-order valence-electron chi connectivity index (χ1n) is 5.81. The molecule has 0 saturated carbocycles. The van der Waals surface area contributed by atoms with E-state index in [0.717, 1.165) is 28.8 Å². The van der Waals surface area contributed by atoms with E-state index in [4.69, 9.17) is 16.0 Å². The van der Waals surface area contributed by atoms with Crippen LogP contribution in [0.25, 0.3) is 11.3 Å². The molecule has 2 rings (SSSR count). The summed E-state index contributed by atoms with van der Waals surface area (Å²) >= 11 is 9.38. The second-order valence-electron chi connectivity index (χ2n) is 3.92. The highest BCUT2D eigenvalue weighted by Crippen LogP contribution is 2.30. The van der Waals surface area contributed by atoms with Crippen LogP contribution < -0.4 is 5.32 Å². The zero-order chi connectivity index (χ0) is 13.0. The van der Waals surface area contributed by atoms with Crippen molar-refractivity contribution in [3.05, 3.63) is 39.8 Å². The Balaban J connectivity index is 2.13. The van der Waals surface area contributed by atoms with Crippen molar-refractivity contribution in [1.82, 2.24) is 10.3 Å². The van der Waals surface area contributed by atoms with Crippen LogP contribution in [0.5, 0.6) is 0 Å². The van der Waals surface area contributed by atoms with Gasteiger partial charge in [-0.15, -0.1) is 0 Å². The first-order chi connectivity index (χ1) is 8.70. The van der Waals surface area contributed by atoms with Gasteiger partial charge in [0.2, 0.25) is 5.89 Å². The minimum atomic E-state index is 0.652. The summed E-state index contributed by atoms with van der Waals surface area (Å²) in [6.45, 7) is 3.74. The number of nitrogens with one attached hydrogen (secondary N) is 1. The summed E-state index contributed by atoms with van der Waals surface area (Å²) in [4.78, 5) is 4.24. The maximum absolute atomic E-state index is 5.91. The molecule has 0 bridgehead atoms. The predicted octanol–water partition coefficient (Wildman–Crippen LogP) is 4.26. The van der Waals surface area contributed by atoms with Crippen LogP contribution in [0.1, 0.15) is 19.2 Å². The molecule has 0 unspecified atom stereocenters. The molecule has 18 heavy (non-hydrogen) atoms. The monoisotopic (exact) mass is 328 g/mol. The quantitative estimate of drug-likeness (QED) is 0.833. The van der Waals surface area contributed by atoms with Crippen molar-refractivity contribution in [2.24, 2.45) is 0 Å². The van der Waals surface area contributed by atoms with E-state index in [2.05, 4.69) is 33.2 Å². The van der Waals surface area contributed by atoms with Gasteiger partial charge < -0.3 is 9.73 Å². The average molecular weight is 330 g/mol. The number of nitrogens with zero attached hydrogens (tertiary/aromatic N) is 1. The van der Waals surface area contributed by atoms with Crippen LogP contribution in [0, 0.1) is 0 Å². The lowest BCUT2D eigenvalue weighted by molar-refractivity contribution is 0.477. The van der Waals surface area contributed by atoms with Crippen LogP contribution in [0.4, 0.5) is 0 Å². The molecule has 1 aromatic carbocycles. The molecule has 2 aromatic rings. The van der Waals surface area contributed by atoms with E-state index in [-0.39, 0.29) is 0 Å². The molecule has 0 aliphatic rings. The molecule has 1 heterocycles. The van der Waals surface area contributed by atoms with Gasteiger partial charge in [0.25, 0.3) is 0 Å². The number of aromatic nitrogens is 1. The van der Waals surface area contributed by atoms with Crippen LogP contribution in [-0.2, 0) is 6.54 Å². The maximum atomic E-state index is 5.91. The molecule has 0 aliphatic heterocycles. The zero-order valence-corrected chi connectivity index (χ0v) is 12.4. The highest BCUT2D eigenvalue weighted by molar-refractivity contribution is 9.10. The summed E-state index contributed by atoms with van der Waals surface area (Å²) in [7, 11) is 0. The van der Waals surface area contributed by atoms with Crippen LogP contribution in [0.2, 0.25) is 5.02 Å². The standard InChI is InChI=1S/C13H14BrClN2O/c1-2-5-16-8-13-17-7-12(18-13)10-4-3-9(15)6-11(10)14/h3-4,6-7,16H,2,5,8H2,1H3. The second-order valence-corrected chi connectivity index (χ2v) is 5.21. The van der Waals surface area contributed by atoms with E-state index in [1.54, 1.807) is 6.20 Å². The fourth-order valence-corrected chi connectivity index (χ4v) is 2.46. The second kappa shape index (κ2) is 6.36. The Labute approximate surface area is 120 Å². The molecular weight excluding hydrogens is 316 g/mol. The van der Waals surface area contributed by atoms with Gasteiger partial charge in [0.15, 0.2) is 5.76 Å². The average Bonchev–Trinajstić information content (AvgIpc) is 2.78. The Morgan fingerprint density at radius 3 is 3.00 bits per heavy atom. The van der Waals surface area contributed by atoms with Gasteiger partial charge in [-0.2, -0.15) is 0 Å². The van der Waals surface area contributed by atoms with Gasteiger partial charge in [-0.3, -0.25) is 0 Å². The lowest BCUT2D eigenvalue weighted by Crippen LogP contribution is -2.13. The van der Waals surface area contributed by atoms with Gasteiger partial charge >= 0.3 is 0 Å². The lowest BCUT2D eigenvalue weighted by Gasteiger charge is -2.01. The summed E-state index contributed by atoms with van der Waals surface area (Å²) in [5, 5.41) is 3.94. The van der Waals surface area contributed by atoms with Gasteiger partial charge in [0.05, 0.1) is 12.7 Å². The summed E-state index contributed by atoms with van der Waals surface area (Å²) in [5.74, 6) is 1.44. The minimum absolute atomic E-state index is 0.652. The Hall–Kier alpha value is -0.840. The SMILES string of the molecule is CCCNCc1ncc(-c2ccc(Cl)cc2Br)o1. The van der Waals surface area contributed by atoms with E-state index in [9.17, 15) is 0 Å². The summed E-state index contributed by atoms with van der Waals surface area (Å²) in [6.07, 6.45) is 2.83. The molecule has 1 N–H and O–H groups in total. The van der Waals surface area contributed by atoms with E-state index >= 15 is 0 Å². The molecule has 5 heteroatoms. The molecular formula is C13H14BrClN2O. The van der Waals surface area contributed by atoms with Gasteiger partial charge in [-0.1, -0.05) is 18.5 Å². The number of oxazole rings is 1. The number of hydrogen-bond acceptors (Lipinski definition) is 3. The van der Waals surface area contributed by atoms with Gasteiger partial charge in [0.1, 0.15) is 0 Å². The highest BCUT2D eigenvalue weighted by Gasteiger charge is 2.09. The van der Waals surface area contributed by atoms with Crippen molar-refractivity contribution in [2.75, 3.05) is 6.54 Å². The molecule has 3 nitrogen and oxygen atoms in total. The van der Waals surface area contributed by atoms with Gasteiger partial charge in [-0.05, 0) is 47.1 Å². The van der Waals surface area contributed by atoms with Crippen molar-refractivity contribution in [1.29, 1.82) is 0 Å². The zero-order valence-electron chi connectivity index (χ0n) is 10.0. The maximum Gasteiger partial charge on any atom is 0.208 e. The van der Waals surface area contributed by atoms with Gasteiger partial charge in [-0.25, -0.2) is 4.98 Å². The van der Waals surface area contributed by atoms with E-state index < -0.39 is 0 Å². The van der Waals surface area contributed by atoms with Crippen LogP contribution in [-0.4, -0.2) is 11.5 Å². The minimum Gasteiger partial charge on any atom is -0.439 e. The van der Waals surface area contributed by atoms with Crippen molar-refractivity contribution in [2.45, 2.75) is 19.9 Å². The fourth-order valence-electron chi connectivity index (χ4n) is 1.58. The Morgan fingerprint density at radius 2 is 2.28 bits per heavy atom. The molecule has 0 aliphatic carbocycles. The number of rotatable bonds is 5. The number of hydrogen-bond donors (Lipinski definition) is 1. The molecule has 0 amide bonds. The van der Waals surface area contributed by atoms with E-state index in [1.165, 1.54) is 0 Å². The molecule has 0 radical (unpaired) electrons. The number of halogens is 2. The molecule has 0 fully saturated rings. The van der Waals surface area contributed by atoms with Crippen molar-refractivity contribution in [3.63, 3.8) is 0 Å². The normalized spacial score (nSPS) is 10.8. The molecule has 96 valence electrons. The highest BCUT2D eigenvalue weighted by atomic mass is 79.9. The number of benzene rings is 1. The largest absolute Gasteiger partial charge is 0.439 e. The third-order valence-electron chi connectivity index (χ3n) is 2.45. The summed E-state index contributed by atoms with van der Waals surface area (Å²) in [5.41, 5.74) is 0.952. The molecule has 0 atom stereocenters. The molecule has 0 saturated heterocycles. The third-order valence-corrected chi connectivity index (χ3v) is 3.34. The van der Waals surface area contributed by atoms with E-state index in [1.807, 2.05) is 18.2 Å². The smallest absolute Gasteiger partial charge is 0.208 e. The van der Waals surface area contributed by atoms with Crippen molar-refractivity contribution in [3.8, 4) is 11.3 Å². The van der Waals surface area contributed by atoms with Crippen LogP contribution in [0.3, 0.4) is 0 Å². The lowest BCUT2D eigenvalue weighted by atomic mass is 10.2. The molecule has 1 aromatic heterocycles. The van der Waals surface area contributed by atoms with Crippen LogP contribution >= 0.6 is 27.5 Å². The first-order valence-corrected chi connectivity index (χ1v) is 6.98. The fraction of sp³-hybridized carbons (Fsp3) is 0.308.